The molecule has 0 bridgehead atoms. The number of rotatable bonds is 4. The predicted molar refractivity (Wildman–Crippen MR) is 75.4 cm³/mol. The van der Waals surface area contributed by atoms with Crippen molar-refractivity contribution in [2.24, 2.45) is 0 Å². The average molecular weight is 306 g/mol. The third-order valence-electron chi connectivity index (χ3n) is 2.67. The second-order valence-electron chi connectivity index (χ2n) is 4.12. The van der Waals surface area contributed by atoms with Crippen molar-refractivity contribution in [3.05, 3.63) is 55.9 Å². The summed E-state index contributed by atoms with van der Waals surface area (Å²) < 4.78 is 0. The zero-order chi connectivity index (χ0) is 15.6. The second kappa shape index (κ2) is 5.83. The van der Waals surface area contributed by atoms with Gasteiger partial charge in [0, 0.05) is 12.1 Å². The minimum absolute atomic E-state index is 0.0489. The molecule has 0 fully saturated rings. The van der Waals surface area contributed by atoms with Crippen LogP contribution in [0.4, 0.5) is 11.4 Å². The third kappa shape index (κ3) is 3.31. The molecule has 0 aliphatic rings. The van der Waals surface area contributed by atoms with E-state index in [1.807, 2.05) is 0 Å². The Bertz CT molecular complexity index is 674. The highest BCUT2D eigenvalue weighted by Gasteiger charge is 2.15. The van der Waals surface area contributed by atoms with Crippen molar-refractivity contribution in [1.29, 1.82) is 0 Å². The number of nitro groups is 2. The van der Waals surface area contributed by atoms with Crippen molar-refractivity contribution >= 4 is 23.1 Å². The van der Waals surface area contributed by atoms with E-state index in [2.05, 4.69) is 9.97 Å². The SMILES string of the molecule is Cc1nc(Sc2ccc([N+](=O)[O-])c(C)n2)ccc1[N+](=O)[O-]. The van der Waals surface area contributed by atoms with Gasteiger partial charge in [0.25, 0.3) is 11.4 Å². The van der Waals surface area contributed by atoms with Crippen LogP contribution in [0.15, 0.2) is 34.3 Å². The summed E-state index contributed by atoms with van der Waals surface area (Å²) in [6.45, 7) is 3.10. The molecule has 2 rings (SSSR count). The highest BCUT2D eigenvalue weighted by molar-refractivity contribution is 7.99. The number of aryl methyl sites for hydroxylation is 2. The van der Waals surface area contributed by atoms with Gasteiger partial charge in [-0.15, -0.1) is 0 Å². The van der Waals surface area contributed by atoms with Gasteiger partial charge in [-0.05, 0) is 26.0 Å². The number of pyridine rings is 2. The minimum atomic E-state index is -0.495. The van der Waals surface area contributed by atoms with E-state index in [0.717, 1.165) is 0 Å². The van der Waals surface area contributed by atoms with Crippen LogP contribution < -0.4 is 0 Å². The molecule has 0 atom stereocenters. The van der Waals surface area contributed by atoms with Crippen LogP contribution in [0.5, 0.6) is 0 Å². The normalized spacial score (nSPS) is 10.4. The Balaban J connectivity index is 2.26. The summed E-state index contributed by atoms with van der Waals surface area (Å²) in [4.78, 5) is 28.7. The van der Waals surface area contributed by atoms with Crippen molar-refractivity contribution in [2.45, 2.75) is 23.9 Å². The van der Waals surface area contributed by atoms with Gasteiger partial charge in [0.2, 0.25) is 0 Å². The Kier molecular flexibility index (Phi) is 4.13. The van der Waals surface area contributed by atoms with E-state index < -0.39 is 9.85 Å². The van der Waals surface area contributed by atoms with Crippen molar-refractivity contribution in [2.75, 3.05) is 0 Å². The van der Waals surface area contributed by atoms with Crippen molar-refractivity contribution in [3.8, 4) is 0 Å². The van der Waals surface area contributed by atoms with Gasteiger partial charge in [-0.25, -0.2) is 9.97 Å². The van der Waals surface area contributed by atoms with Crippen LogP contribution >= 0.6 is 11.8 Å². The Morgan fingerprint density at radius 3 is 1.52 bits per heavy atom. The molecule has 0 amide bonds. The first-order valence-corrected chi connectivity index (χ1v) is 6.62. The van der Waals surface area contributed by atoms with Crippen LogP contribution in [-0.2, 0) is 0 Å². The Morgan fingerprint density at radius 1 is 0.857 bits per heavy atom. The molecule has 0 aliphatic heterocycles. The maximum atomic E-state index is 10.7. The molecule has 8 nitrogen and oxygen atoms in total. The Morgan fingerprint density at radius 2 is 1.24 bits per heavy atom. The van der Waals surface area contributed by atoms with Gasteiger partial charge < -0.3 is 0 Å². The summed E-state index contributed by atoms with van der Waals surface area (Å²) >= 11 is 1.19. The third-order valence-corrected chi connectivity index (χ3v) is 3.54. The molecule has 9 heteroatoms. The summed E-state index contributed by atoms with van der Waals surface area (Å²) in [5, 5.41) is 22.5. The molecule has 0 radical (unpaired) electrons. The van der Waals surface area contributed by atoms with E-state index in [-0.39, 0.29) is 11.4 Å². The van der Waals surface area contributed by atoms with Crippen LogP contribution in [0.2, 0.25) is 0 Å². The van der Waals surface area contributed by atoms with E-state index in [1.165, 1.54) is 36.0 Å². The molecule has 2 heterocycles. The highest BCUT2D eigenvalue weighted by Crippen LogP contribution is 2.29. The molecular weight excluding hydrogens is 296 g/mol. The zero-order valence-electron chi connectivity index (χ0n) is 11.1. The average Bonchev–Trinajstić information content (AvgIpc) is 2.37. The quantitative estimate of drug-likeness (QED) is 0.630. The summed E-state index contributed by atoms with van der Waals surface area (Å²) in [6.07, 6.45) is 0. The molecule has 2 aromatic rings. The number of hydrogen-bond donors (Lipinski definition) is 0. The van der Waals surface area contributed by atoms with Gasteiger partial charge >= 0.3 is 0 Å². The van der Waals surface area contributed by atoms with Crippen LogP contribution in [0.1, 0.15) is 11.4 Å². The largest absolute Gasteiger partial charge is 0.290 e. The van der Waals surface area contributed by atoms with Crippen molar-refractivity contribution in [1.82, 2.24) is 9.97 Å². The highest BCUT2D eigenvalue weighted by atomic mass is 32.2. The monoisotopic (exact) mass is 306 g/mol. The lowest BCUT2D eigenvalue weighted by Crippen LogP contribution is -1.96. The molecular formula is C12H10N4O4S. The number of hydrogen-bond acceptors (Lipinski definition) is 7. The first-order valence-electron chi connectivity index (χ1n) is 5.80. The molecule has 0 N–H and O–H groups in total. The maximum Gasteiger partial charge on any atom is 0.290 e. The topological polar surface area (TPSA) is 112 Å². The molecule has 0 aromatic carbocycles. The van der Waals surface area contributed by atoms with Crippen LogP contribution in [0, 0.1) is 34.1 Å². The fourth-order valence-electron chi connectivity index (χ4n) is 1.67. The molecule has 21 heavy (non-hydrogen) atoms. The maximum absolute atomic E-state index is 10.7. The fourth-order valence-corrected chi connectivity index (χ4v) is 2.52. The first kappa shape index (κ1) is 14.9. The fraction of sp³-hybridized carbons (Fsp3) is 0.167. The molecule has 0 saturated carbocycles. The molecule has 0 aliphatic carbocycles. The van der Waals surface area contributed by atoms with E-state index in [9.17, 15) is 20.2 Å². The van der Waals surface area contributed by atoms with Gasteiger partial charge in [0.05, 0.1) is 9.85 Å². The molecule has 0 spiro atoms. The molecule has 2 aromatic heterocycles. The summed E-state index contributed by atoms with van der Waals surface area (Å²) in [7, 11) is 0. The van der Waals surface area contributed by atoms with E-state index in [4.69, 9.17) is 0 Å². The van der Waals surface area contributed by atoms with Crippen molar-refractivity contribution < 1.29 is 9.85 Å². The lowest BCUT2D eigenvalue weighted by molar-refractivity contribution is -0.385. The lowest BCUT2D eigenvalue weighted by atomic mass is 10.3. The molecule has 0 unspecified atom stereocenters. The van der Waals surface area contributed by atoms with E-state index >= 15 is 0 Å². The van der Waals surface area contributed by atoms with Gasteiger partial charge in [0.15, 0.2) is 0 Å². The first-order chi connectivity index (χ1) is 9.88. The number of aromatic nitrogens is 2. The van der Waals surface area contributed by atoms with E-state index in [0.29, 0.717) is 21.4 Å². The van der Waals surface area contributed by atoms with Gasteiger partial charge in [-0.1, -0.05) is 11.8 Å². The number of nitrogens with zero attached hydrogens (tertiary/aromatic N) is 4. The van der Waals surface area contributed by atoms with Gasteiger partial charge in [-0.2, -0.15) is 0 Å². The van der Waals surface area contributed by atoms with Crippen LogP contribution in [-0.4, -0.2) is 19.8 Å². The minimum Gasteiger partial charge on any atom is -0.258 e. The smallest absolute Gasteiger partial charge is 0.258 e. The molecule has 0 saturated heterocycles. The second-order valence-corrected chi connectivity index (χ2v) is 5.17. The zero-order valence-corrected chi connectivity index (χ0v) is 12.0. The van der Waals surface area contributed by atoms with Crippen LogP contribution in [0.3, 0.4) is 0 Å². The van der Waals surface area contributed by atoms with Crippen molar-refractivity contribution in [3.63, 3.8) is 0 Å². The Labute approximate surface area is 123 Å². The van der Waals surface area contributed by atoms with Crippen LogP contribution in [0.25, 0.3) is 0 Å². The molecule has 108 valence electrons. The summed E-state index contributed by atoms with van der Waals surface area (Å²) in [5.41, 5.74) is 0.520. The van der Waals surface area contributed by atoms with Gasteiger partial charge in [-0.3, -0.25) is 20.2 Å². The standard InChI is InChI=1S/C12H10N4O4S/c1-7-9(15(17)18)3-5-11(13-7)21-12-6-4-10(16(19)20)8(2)14-12/h3-6H,1-2H3. The summed E-state index contributed by atoms with van der Waals surface area (Å²) in [5.74, 6) is 0. The predicted octanol–water partition coefficient (Wildman–Crippen LogP) is 3.06. The Hall–Kier alpha value is -2.55. The summed E-state index contributed by atoms with van der Waals surface area (Å²) in [6, 6.07) is 5.80. The van der Waals surface area contributed by atoms with Gasteiger partial charge in [0.1, 0.15) is 21.4 Å². The lowest BCUT2D eigenvalue weighted by Gasteiger charge is -2.03. The van der Waals surface area contributed by atoms with E-state index in [1.54, 1.807) is 13.8 Å².